The van der Waals surface area contributed by atoms with Crippen LogP contribution in [0.5, 0.6) is 0 Å². The van der Waals surface area contributed by atoms with Crippen molar-refractivity contribution in [3.05, 3.63) is 34.9 Å². The van der Waals surface area contributed by atoms with Gasteiger partial charge in [-0.25, -0.2) is 0 Å². The Morgan fingerprint density at radius 1 is 1.28 bits per heavy atom. The van der Waals surface area contributed by atoms with Crippen molar-refractivity contribution in [2.24, 2.45) is 5.73 Å². The van der Waals surface area contributed by atoms with Crippen LogP contribution in [0.3, 0.4) is 0 Å². The molecule has 0 aliphatic rings. The Kier molecular flexibility index (Phi) is 7.08. The number of unbranched alkanes of at least 4 members (excludes halogenated alkanes) is 1. The van der Waals surface area contributed by atoms with Gasteiger partial charge in [0.15, 0.2) is 0 Å². The van der Waals surface area contributed by atoms with Gasteiger partial charge < -0.3 is 10.8 Å². The summed E-state index contributed by atoms with van der Waals surface area (Å²) in [5.41, 5.74) is 6.08. The average Bonchev–Trinajstić information content (AvgIpc) is 2.36. The molecule has 0 saturated carbocycles. The monoisotopic (exact) mass is 287 g/mol. The van der Waals surface area contributed by atoms with Crippen LogP contribution in [0, 0.1) is 0 Å². The molecule has 18 heavy (non-hydrogen) atoms. The molecule has 4 heteroatoms. The van der Waals surface area contributed by atoms with Crippen molar-refractivity contribution in [2.75, 3.05) is 12.3 Å². The Balaban J connectivity index is 2.07. The molecule has 0 fully saturated rings. The molecule has 1 unspecified atom stereocenters. The summed E-state index contributed by atoms with van der Waals surface area (Å²) in [6.07, 6.45) is 2.93. The second kappa shape index (κ2) is 8.05. The standard InChI is InChI=1S/C14H22ClNOS/c1-14(17,11-16)8-2-3-9-18-10-12-4-6-13(15)7-5-12/h4-7,17H,2-3,8-11,16H2,1H3. The van der Waals surface area contributed by atoms with Crippen molar-refractivity contribution < 1.29 is 5.11 Å². The summed E-state index contributed by atoms with van der Waals surface area (Å²) >= 11 is 7.74. The largest absolute Gasteiger partial charge is 0.389 e. The van der Waals surface area contributed by atoms with Gasteiger partial charge in [0.1, 0.15) is 0 Å². The summed E-state index contributed by atoms with van der Waals surface area (Å²) in [4.78, 5) is 0. The first-order valence-electron chi connectivity index (χ1n) is 6.28. The van der Waals surface area contributed by atoms with Gasteiger partial charge in [-0.3, -0.25) is 0 Å². The van der Waals surface area contributed by atoms with Gasteiger partial charge >= 0.3 is 0 Å². The molecule has 1 atom stereocenters. The highest BCUT2D eigenvalue weighted by Gasteiger charge is 2.16. The van der Waals surface area contributed by atoms with E-state index in [1.54, 1.807) is 6.92 Å². The zero-order chi connectivity index (χ0) is 13.4. The second-order valence-corrected chi connectivity index (χ2v) is 6.38. The number of hydrogen-bond donors (Lipinski definition) is 2. The van der Waals surface area contributed by atoms with E-state index in [4.69, 9.17) is 17.3 Å². The fourth-order valence-electron chi connectivity index (χ4n) is 1.58. The van der Waals surface area contributed by atoms with E-state index < -0.39 is 5.60 Å². The molecule has 0 radical (unpaired) electrons. The van der Waals surface area contributed by atoms with Crippen molar-refractivity contribution in [1.29, 1.82) is 0 Å². The van der Waals surface area contributed by atoms with Gasteiger partial charge in [0, 0.05) is 17.3 Å². The zero-order valence-corrected chi connectivity index (χ0v) is 12.4. The minimum absolute atomic E-state index is 0.338. The SMILES string of the molecule is CC(O)(CN)CCCCSCc1ccc(Cl)cc1. The molecule has 1 aromatic carbocycles. The number of aliphatic hydroxyl groups is 1. The first kappa shape index (κ1) is 15.8. The lowest BCUT2D eigenvalue weighted by Crippen LogP contribution is -2.33. The van der Waals surface area contributed by atoms with Crippen LogP contribution in [-0.2, 0) is 5.75 Å². The van der Waals surface area contributed by atoms with E-state index in [1.165, 1.54) is 5.56 Å². The molecule has 0 spiro atoms. The normalized spacial score (nSPS) is 14.4. The highest BCUT2D eigenvalue weighted by molar-refractivity contribution is 7.98. The number of benzene rings is 1. The van der Waals surface area contributed by atoms with Gasteiger partial charge in [0.2, 0.25) is 0 Å². The van der Waals surface area contributed by atoms with Gasteiger partial charge in [-0.1, -0.05) is 23.7 Å². The maximum Gasteiger partial charge on any atom is 0.0741 e. The Bertz CT molecular complexity index is 340. The van der Waals surface area contributed by atoms with Crippen LogP contribution in [0.4, 0.5) is 0 Å². The second-order valence-electron chi connectivity index (χ2n) is 4.84. The third-order valence-corrected chi connectivity index (χ3v) is 4.24. The third kappa shape index (κ3) is 6.64. The van der Waals surface area contributed by atoms with Crippen LogP contribution in [0.2, 0.25) is 5.02 Å². The number of hydrogen-bond acceptors (Lipinski definition) is 3. The van der Waals surface area contributed by atoms with Crippen molar-refractivity contribution in [1.82, 2.24) is 0 Å². The number of halogens is 1. The van der Waals surface area contributed by atoms with Crippen LogP contribution >= 0.6 is 23.4 Å². The lowest BCUT2D eigenvalue weighted by atomic mass is 10.00. The molecule has 0 saturated heterocycles. The predicted octanol–water partition coefficient (Wildman–Crippen LogP) is 3.45. The van der Waals surface area contributed by atoms with Crippen LogP contribution in [-0.4, -0.2) is 23.0 Å². The van der Waals surface area contributed by atoms with E-state index >= 15 is 0 Å². The first-order valence-corrected chi connectivity index (χ1v) is 7.81. The van der Waals surface area contributed by atoms with Crippen LogP contribution in [0.25, 0.3) is 0 Å². The van der Waals surface area contributed by atoms with E-state index in [2.05, 4.69) is 12.1 Å². The number of rotatable bonds is 8. The topological polar surface area (TPSA) is 46.2 Å². The molecule has 3 N–H and O–H groups in total. The predicted molar refractivity (Wildman–Crippen MR) is 81.1 cm³/mol. The quantitative estimate of drug-likeness (QED) is 0.720. The molecule has 0 heterocycles. The minimum Gasteiger partial charge on any atom is -0.389 e. The molecular formula is C14H22ClNOS. The smallest absolute Gasteiger partial charge is 0.0741 e. The maximum atomic E-state index is 9.74. The lowest BCUT2D eigenvalue weighted by molar-refractivity contribution is 0.0577. The highest BCUT2D eigenvalue weighted by Crippen LogP contribution is 2.18. The fraction of sp³-hybridized carbons (Fsp3) is 0.571. The average molecular weight is 288 g/mol. The Hall–Kier alpha value is -0.220. The maximum absolute atomic E-state index is 9.74. The number of thioether (sulfide) groups is 1. The van der Waals surface area contributed by atoms with Gasteiger partial charge in [-0.15, -0.1) is 0 Å². The fourth-order valence-corrected chi connectivity index (χ4v) is 2.69. The van der Waals surface area contributed by atoms with Crippen molar-refractivity contribution >= 4 is 23.4 Å². The summed E-state index contributed by atoms with van der Waals surface area (Å²) in [5, 5.41) is 10.5. The molecule has 1 aromatic rings. The molecule has 1 rings (SSSR count). The summed E-state index contributed by atoms with van der Waals surface area (Å²) in [6, 6.07) is 7.98. The molecule has 102 valence electrons. The van der Waals surface area contributed by atoms with Gasteiger partial charge in [0.05, 0.1) is 5.60 Å². The summed E-state index contributed by atoms with van der Waals surface area (Å²) in [5.74, 6) is 2.13. The molecular weight excluding hydrogens is 266 g/mol. The minimum atomic E-state index is -0.694. The molecule has 0 aliphatic carbocycles. The Morgan fingerprint density at radius 3 is 2.56 bits per heavy atom. The van der Waals surface area contributed by atoms with E-state index in [0.29, 0.717) is 6.54 Å². The molecule has 2 nitrogen and oxygen atoms in total. The van der Waals surface area contributed by atoms with E-state index in [0.717, 1.165) is 35.8 Å². The molecule has 0 aliphatic heterocycles. The summed E-state index contributed by atoms with van der Waals surface area (Å²) in [7, 11) is 0. The van der Waals surface area contributed by atoms with Crippen molar-refractivity contribution in [2.45, 2.75) is 37.5 Å². The first-order chi connectivity index (χ1) is 8.53. The van der Waals surface area contributed by atoms with E-state index in [-0.39, 0.29) is 0 Å². The van der Waals surface area contributed by atoms with E-state index in [9.17, 15) is 5.11 Å². The molecule has 0 aromatic heterocycles. The molecule has 0 amide bonds. The Labute approximate surface area is 119 Å². The molecule has 0 bridgehead atoms. The van der Waals surface area contributed by atoms with Crippen LogP contribution in [0.15, 0.2) is 24.3 Å². The van der Waals surface area contributed by atoms with Crippen LogP contribution < -0.4 is 5.73 Å². The highest BCUT2D eigenvalue weighted by atomic mass is 35.5. The van der Waals surface area contributed by atoms with Crippen molar-refractivity contribution in [3.63, 3.8) is 0 Å². The van der Waals surface area contributed by atoms with Crippen LogP contribution in [0.1, 0.15) is 31.7 Å². The zero-order valence-electron chi connectivity index (χ0n) is 10.9. The van der Waals surface area contributed by atoms with Gasteiger partial charge in [-0.05, 0) is 49.6 Å². The lowest BCUT2D eigenvalue weighted by Gasteiger charge is -2.20. The summed E-state index contributed by atoms with van der Waals surface area (Å²) < 4.78 is 0. The van der Waals surface area contributed by atoms with Gasteiger partial charge in [0.25, 0.3) is 0 Å². The Morgan fingerprint density at radius 2 is 1.94 bits per heavy atom. The number of nitrogens with two attached hydrogens (primary N) is 1. The van der Waals surface area contributed by atoms with Gasteiger partial charge in [-0.2, -0.15) is 11.8 Å². The van der Waals surface area contributed by atoms with E-state index in [1.807, 2.05) is 23.9 Å². The van der Waals surface area contributed by atoms with Crippen molar-refractivity contribution in [3.8, 4) is 0 Å². The third-order valence-electron chi connectivity index (χ3n) is 2.88. The summed E-state index contributed by atoms with van der Waals surface area (Å²) in [6.45, 7) is 2.14.